The molecule has 37 heavy (non-hydrogen) atoms. The van der Waals surface area contributed by atoms with Gasteiger partial charge in [0, 0.05) is 48.2 Å². The fourth-order valence-corrected chi connectivity index (χ4v) is 3.78. The first-order chi connectivity index (χ1) is 18.0. The Morgan fingerprint density at radius 1 is 0.973 bits per heavy atom. The van der Waals surface area contributed by atoms with E-state index in [1.165, 1.54) is 0 Å². The van der Waals surface area contributed by atoms with E-state index in [9.17, 15) is 9.59 Å². The summed E-state index contributed by atoms with van der Waals surface area (Å²) < 4.78 is 6.80. The third-order valence-electron chi connectivity index (χ3n) is 5.52. The summed E-state index contributed by atoms with van der Waals surface area (Å²) in [5, 5.41) is 11.0. The van der Waals surface area contributed by atoms with Gasteiger partial charge in [0.05, 0.1) is 5.69 Å². The zero-order chi connectivity index (χ0) is 26.0. The standard InChI is InChI=1S/C29H27ClN4O3/c1-37-18-8-17-31-29(36)26(32-28(35)22-9-4-2-5-10-22)19-23-20-34(25-11-6-3-7-12-25)33-27(23)21-13-15-24(30)16-14-21/h2-7,9-16,19-20H,8,17-18H2,1H3,(H,31,36)(H,32,35). The number of methoxy groups -OCH3 is 1. The van der Waals surface area contributed by atoms with Crippen LogP contribution < -0.4 is 10.6 Å². The number of hydrogen-bond acceptors (Lipinski definition) is 4. The Morgan fingerprint density at radius 3 is 2.32 bits per heavy atom. The molecule has 2 amide bonds. The zero-order valence-corrected chi connectivity index (χ0v) is 21.1. The molecule has 1 aromatic heterocycles. The number of nitrogens with one attached hydrogen (secondary N) is 2. The molecular formula is C29H27ClN4O3. The van der Waals surface area contributed by atoms with Crippen molar-refractivity contribution in [2.75, 3.05) is 20.3 Å². The molecule has 0 aliphatic rings. The number of hydrogen-bond donors (Lipinski definition) is 2. The number of aromatic nitrogens is 2. The molecule has 0 fully saturated rings. The van der Waals surface area contributed by atoms with E-state index in [2.05, 4.69) is 10.6 Å². The average Bonchev–Trinajstić information content (AvgIpc) is 3.36. The number of amides is 2. The Kier molecular flexibility index (Phi) is 8.86. The van der Waals surface area contributed by atoms with Gasteiger partial charge in [-0.15, -0.1) is 0 Å². The first-order valence-corrected chi connectivity index (χ1v) is 12.2. The van der Waals surface area contributed by atoms with Gasteiger partial charge in [0.25, 0.3) is 11.8 Å². The lowest BCUT2D eigenvalue weighted by molar-refractivity contribution is -0.117. The molecule has 8 heteroatoms. The quantitative estimate of drug-likeness (QED) is 0.227. The molecule has 0 unspecified atom stereocenters. The predicted molar refractivity (Wildman–Crippen MR) is 145 cm³/mol. The number of ether oxygens (including phenoxy) is 1. The van der Waals surface area contributed by atoms with Crippen LogP contribution >= 0.6 is 11.6 Å². The minimum absolute atomic E-state index is 0.106. The van der Waals surface area contributed by atoms with Crippen LogP contribution in [0.1, 0.15) is 22.3 Å². The van der Waals surface area contributed by atoms with Gasteiger partial charge in [-0.1, -0.05) is 60.1 Å². The van der Waals surface area contributed by atoms with Gasteiger partial charge in [0.1, 0.15) is 11.4 Å². The third kappa shape index (κ3) is 6.94. The number of benzene rings is 3. The van der Waals surface area contributed by atoms with Crippen LogP contribution in [0, 0.1) is 0 Å². The van der Waals surface area contributed by atoms with E-state index in [0.717, 1.165) is 11.3 Å². The Labute approximate surface area is 220 Å². The lowest BCUT2D eigenvalue weighted by Gasteiger charge is -2.11. The first-order valence-electron chi connectivity index (χ1n) is 11.8. The normalized spacial score (nSPS) is 11.2. The molecule has 4 aromatic rings. The van der Waals surface area contributed by atoms with Crippen molar-refractivity contribution >= 4 is 29.5 Å². The van der Waals surface area contributed by atoms with Gasteiger partial charge in [-0.05, 0) is 48.9 Å². The van der Waals surface area contributed by atoms with Gasteiger partial charge in [-0.2, -0.15) is 5.10 Å². The van der Waals surface area contributed by atoms with Crippen LogP contribution in [-0.4, -0.2) is 41.9 Å². The van der Waals surface area contributed by atoms with E-state index in [1.807, 2.05) is 54.7 Å². The van der Waals surface area contributed by atoms with Crippen LogP contribution in [0.5, 0.6) is 0 Å². The van der Waals surface area contributed by atoms with Crippen LogP contribution in [0.3, 0.4) is 0 Å². The van der Waals surface area contributed by atoms with E-state index in [1.54, 1.807) is 54.3 Å². The fraction of sp³-hybridized carbons (Fsp3) is 0.138. The van der Waals surface area contributed by atoms with Crippen molar-refractivity contribution in [2.24, 2.45) is 0 Å². The number of halogens is 1. The Balaban J connectivity index is 1.75. The minimum atomic E-state index is -0.407. The fourth-order valence-electron chi connectivity index (χ4n) is 3.65. The maximum absolute atomic E-state index is 13.2. The van der Waals surface area contributed by atoms with E-state index < -0.39 is 5.91 Å². The molecule has 2 N–H and O–H groups in total. The highest BCUT2D eigenvalue weighted by molar-refractivity contribution is 6.30. The Morgan fingerprint density at radius 2 is 1.65 bits per heavy atom. The first kappa shape index (κ1) is 25.9. The molecule has 0 spiro atoms. The van der Waals surface area contributed by atoms with Crippen molar-refractivity contribution in [3.63, 3.8) is 0 Å². The molecule has 1 heterocycles. The van der Waals surface area contributed by atoms with Crippen LogP contribution in [0.4, 0.5) is 0 Å². The largest absolute Gasteiger partial charge is 0.385 e. The smallest absolute Gasteiger partial charge is 0.267 e. The van der Waals surface area contributed by atoms with Gasteiger partial charge in [-0.25, -0.2) is 4.68 Å². The molecule has 0 atom stereocenters. The zero-order valence-electron chi connectivity index (χ0n) is 20.4. The van der Waals surface area contributed by atoms with Crippen molar-refractivity contribution in [3.05, 3.63) is 113 Å². The van der Waals surface area contributed by atoms with Crippen LogP contribution in [-0.2, 0) is 9.53 Å². The molecular weight excluding hydrogens is 488 g/mol. The monoisotopic (exact) mass is 514 g/mol. The maximum Gasteiger partial charge on any atom is 0.267 e. The summed E-state index contributed by atoms with van der Waals surface area (Å²) in [5.41, 5.74) is 3.52. The highest BCUT2D eigenvalue weighted by atomic mass is 35.5. The Hall–Kier alpha value is -4.20. The van der Waals surface area contributed by atoms with Crippen LogP contribution in [0.2, 0.25) is 5.02 Å². The maximum atomic E-state index is 13.2. The predicted octanol–water partition coefficient (Wildman–Crippen LogP) is 5.12. The van der Waals surface area contributed by atoms with Crippen LogP contribution in [0.15, 0.2) is 96.8 Å². The molecule has 0 bridgehead atoms. The van der Waals surface area contributed by atoms with Crippen molar-refractivity contribution in [1.82, 2.24) is 20.4 Å². The highest BCUT2D eigenvalue weighted by Crippen LogP contribution is 2.27. The van der Waals surface area contributed by atoms with Gasteiger partial charge in [-0.3, -0.25) is 9.59 Å². The van der Waals surface area contributed by atoms with Crippen molar-refractivity contribution in [3.8, 4) is 16.9 Å². The number of nitrogens with zero attached hydrogens (tertiary/aromatic N) is 2. The van der Waals surface area contributed by atoms with Gasteiger partial charge < -0.3 is 15.4 Å². The highest BCUT2D eigenvalue weighted by Gasteiger charge is 2.18. The van der Waals surface area contributed by atoms with Crippen molar-refractivity contribution < 1.29 is 14.3 Å². The number of carbonyl (C=O) groups excluding carboxylic acids is 2. The molecule has 0 saturated heterocycles. The molecule has 0 aliphatic carbocycles. The number of carbonyl (C=O) groups is 2. The lowest BCUT2D eigenvalue weighted by Crippen LogP contribution is -2.35. The van der Waals surface area contributed by atoms with Crippen LogP contribution in [0.25, 0.3) is 23.0 Å². The Bertz CT molecular complexity index is 1370. The third-order valence-corrected chi connectivity index (χ3v) is 5.77. The number of rotatable bonds is 10. The molecule has 0 saturated carbocycles. The minimum Gasteiger partial charge on any atom is -0.385 e. The van der Waals surface area contributed by atoms with E-state index >= 15 is 0 Å². The summed E-state index contributed by atoms with van der Waals surface area (Å²) in [6, 6.07) is 25.7. The van der Waals surface area contributed by atoms with E-state index in [4.69, 9.17) is 21.4 Å². The molecule has 0 radical (unpaired) electrons. The summed E-state index contributed by atoms with van der Waals surface area (Å²) in [4.78, 5) is 26.1. The second-order valence-corrected chi connectivity index (χ2v) is 8.64. The number of para-hydroxylation sites is 1. The van der Waals surface area contributed by atoms with Gasteiger partial charge in [0.2, 0.25) is 0 Å². The molecule has 3 aromatic carbocycles. The SMILES string of the molecule is COCCCNC(=O)C(=Cc1cn(-c2ccccc2)nc1-c1ccc(Cl)cc1)NC(=O)c1ccccc1. The second-order valence-electron chi connectivity index (χ2n) is 8.20. The van der Waals surface area contributed by atoms with Gasteiger partial charge >= 0.3 is 0 Å². The molecule has 0 aliphatic heterocycles. The lowest BCUT2D eigenvalue weighted by atomic mass is 10.1. The molecule has 7 nitrogen and oxygen atoms in total. The van der Waals surface area contributed by atoms with Crippen molar-refractivity contribution in [2.45, 2.75) is 6.42 Å². The summed E-state index contributed by atoms with van der Waals surface area (Å²) in [6.45, 7) is 0.915. The average molecular weight is 515 g/mol. The second kappa shape index (κ2) is 12.7. The summed E-state index contributed by atoms with van der Waals surface area (Å²) in [6.07, 6.45) is 4.11. The van der Waals surface area contributed by atoms with Crippen molar-refractivity contribution in [1.29, 1.82) is 0 Å². The topological polar surface area (TPSA) is 85.2 Å². The summed E-state index contributed by atoms with van der Waals surface area (Å²) in [7, 11) is 1.61. The summed E-state index contributed by atoms with van der Waals surface area (Å²) in [5.74, 6) is -0.794. The van der Waals surface area contributed by atoms with E-state index in [0.29, 0.717) is 41.4 Å². The summed E-state index contributed by atoms with van der Waals surface area (Å²) >= 11 is 6.11. The molecule has 188 valence electrons. The van der Waals surface area contributed by atoms with Gasteiger partial charge in [0.15, 0.2) is 0 Å². The molecule has 4 rings (SSSR count). The van der Waals surface area contributed by atoms with E-state index in [-0.39, 0.29) is 11.6 Å².